The molecule has 1 aromatic carbocycles. The van der Waals surface area contributed by atoms with Gasteiger partial charge in [0.05, 0.1) is 28.9 Å². The van der Waals surface area contributed by atoms with Crippen LogP contribution in [0.3, 0.4) is 0 Å². The van der Waals surface area contributed by atoms with Crippen molar-refractivity contribution in [3.05, 3.63) is 56.6 Å². The lowest BCUT2D eigenvalue weighted by Gasteiger charge is -2.22. The van der Waals surface area contributed by atoms with Crippen molar-refractivity contribution >= 4 is 34.2 Å². The van der Waals surface area contributed by atoms with E-state index >= 15 is 0 Å². The number of benzene rings is 1. The summed E-state index contributed by atoms with van der Waals surface area (Å²) in [5, 5.41) is 1.05. The van der Waals surface area contributed by atoms with E-state index in [4.69, 9.17) is 27.9 Å². The van der Waals surface area contributed by atoms with E-state index < -0.39 is 0 Å². The summed E-state index contributed by atoms with van der Waals surface area (Å²) in [6.07, 6.45) is 3.89. The SMILES string of the molecule is COC[C@H](C1CC1)n1c(=O)c(C)nc2c(-c3ccc(Cl)cc3Cl)nccc21. The third kappa shape index (κ3) is 3.35. The third-order valence-electron chi connectivity index (χ3n) is 4.99. The second-order valence-electron chi connectivity index (χ2n) is 6.88. The van der Waals surface area contributed by atoms with Crippen LogP contribution in [0.1, 0.15) is 24.6 Å². The van der Waals surface area contributed by atoms with Gasteiger partial charge in [0.25, 0.3) is 5.56 Å². The fraction of sp³-hybridized carbons (Fsp3) is 0.350. The van der Waals surface area contributed by atoms with E-state index in [1.807, 2.05) is 16.7 Å². The monoisotopic (exact) mass is 403 g/mol. The summed E-state index contributed by atoms with van der Waals surface area (Å²) >= 11 is 12.4. The van der Waals surface area contributed by atoms with Crippen LogP contribution in [0.4, 0.5) is 0 Å². The van der Waals surface area contributed by atoms with Crippen molar-refractivity contribution in [1.82, 2.24) is 14.5 Å². The van der Waals surface area contributed by atoms with Gasteiger partial charge in [-0.3, -0.25) is 14.3 Å². The Balaban J connectivity index is 2.00. The van der Waals surface area contributed by atoms with E-state index in [2.05, 4.69) is 9.97 Å². The first-order valence-corrected chi connectivity index (χ1v) is 9.59. The summed E-state index contributed by atoms with van der Waals surface area (Å²) in [6, 6.07) is 7.10. The van der Waals surface area contributed by atoms with Crippen LogP contribution in [0.15, 0.2) is 35.3 Å². The molecule has 1 fully saturated rings. The van der Waals surface area contributed by atoms with Gasteiger partial charge in [-0.2, -0.15) is 0 Å². The standard InChI is InChI=1S/C20H19Cl2N3O2/c1-11-20(26)25(17(10-27-2)12-3-4-12)16-7-8-23-18(19(16)24-11)14-6-5-13(21)9-15(14)22/h5-9,12,17H,3-4,10H2,1-2H3/t17-/m1/s1. The first kappa shape index (κ1) is 18.4. The van der Waals surface area contributed by atoms with Crippen LogP contribution < -0.4 is 5.56 Å². The quantitative estimate of drug-likeness (QED) is 0.620. The summed E-state index contributed by atoms with van der Waals surface area (Å²) in [7, 11) is 1.66. The average molecular weight is 404 g/mol. The second kappa shape index (κ2) is 7.23. The molecule has 4 rings (SSSR count). The molecule has 140 valence electrons. The fourth-order valence-corrected chi connectivity index (χ4v) is 4.03. The van der Waals surface area contributed by atoms with Gasteiger partial charge < -0.3 is 4.74 Å². The minimum Gasteiger partial charge on any atom is -0.383 e. The first-order chi connectivity index (χ1) is 13.0. The maximum Gasteiger partial charge on any atom is 0.272 e. The Morgan fingerprint density at radius 3 is 2.74 bits per heavy atom. The van der Waals surface area contributed by atoms with Crippen LogP contribution in [-0.2, 0) is 4.74 Å². The molecular formula is C20H19Cl2N3O2. The predicted molar refractivity (Wildman–Crippen MR) is 108 cm³/mol. The van der Waals surface area contributed by atoms with E-state index in [0.29, 0.717) is 39.5 Å². The van der Waals surface area contributed by atoms with Gasteiger partial charge in [-0.05, 0) is 49.9 Å². The molecule has 0 saturated heterocycles. The summed E-state index contributed by atoms with van der Waals surface area (Å²) < 4.78 is 7.25. The highest BCUT2D eigenvalue weighted by atomic mass is 35.5. The summed E-state index contributed by atoms with van der Waals surface area (Å²) in [5.41, 5.74) is 3.12. The van der Waals surface area contributed by atoms with Gasteiger partial charge >= 0.3 is 0 Å². The Hall–Kier alpha value is -1.95. The van der Waals surface area contributed by atoms with Gasteiger partial charge in [-0.15, -0.1) is 0 Å². The number of aromatic nitrogens is 3. The summed E-state index contributed by atoms with van der Waals surface area (Å²) in [6.45, 7) is 2.22. The highest BCUT2D eigenvalue weighted by molar-refractivity contribution is 6.36. The summed E-state index contributed by atoms with van der Waals surface area (Å²) in [5.74, 6) is 0.448. The maximum atomic E-state index is 13.0. The minimum atomic E-state index is -0.0872. The molecule has 1 saturated carbocycles. The van der Waals surface area contributed by atoms with Gasteiger partial charge in [0.15, 0.2) is 0 Å². The zero-order valence-electron chi connectivity index (χ0n) is 15.1. The number of nitrogens with zero attached hydrogens (tertiary/aromatic N) is 3. The Morgan fingerprint density at radius 2 is 2.07 bits per heavy atom. The molecule has 2 aromatic heterocycles. The van der Waals surface area contributed by atoms with Crippen molar-refractivity contribution in [2.24, 2.45) is 5.92 Å². The average Bonchev–Trinajstić information content (AvgIpc) is 3.46. The predicted octanol–water partition coefficient (Wildman–Crippen LogP) is 4.67. The zero-order chi connectivity index (χ0) is 19.1. The van der Waals surface area contributed by atoms with Gasteiger partial charge in [0, 0.05) is 23.9 Å². The van der Waals surface area contributed by atoms with Gasteiger partial charge in [-0.25, -0.2) is 4.98 Å². The Labute approximate surface area is 166 Å². The van der Waals surface area contributed by atoms with Crippen molar-refractivity contribution in [2.75, 3.05) is 13.7 Å². The summed E-state index contributed by atoms with van der Waals surface area (Å²) in [4.78, 5) is 22.0. The third-order valence-corrected chi connectivity index (χ3v) is 5.54. The molecule has 0 N–H and O–H groups in total. The molecule has 27 heavy (non-hydrogen) atoms. The number of rotatable bonds is 5. The van der Waals surface area contributed by atoms with Gasteiger partial charge in [0.1, 0.15) is 11.2 Å². The number of fused-ring (bicyclic) bond motifs is 1. The highest BCUT2D eigenvalue weighted by Crippen LogP contribution is 2.41. The lowest BCUT2D eigenvalue weighted by atomic mass is 10.1. The maximum absolute atomic E-state index is 13.0. The van der Waals surface area contributed by atoms with Crippen LogP contribution in [0.5, 0.6) is 0 Å². The van der Waals surface area contributed by atoms with E-state index in [9.17, 15) is 4.79 Å². The van der Waals surface area contributed by atoms with E-state index in [1.165, 1.54) is 0 Å². The smallest absolute Gasteiger partial charge is 0.272 e. The minimum absolute atomic E-state index is 0.0114. The van der Waals surface area contributed by atoms with Crippen molar-refractivity contribution in [2.45, 2.75) is 25.8 Å². The molecular weight excluding hydrogens is 385 g/mol. The molecule has 3 aromatic rings. The molecule has 1 aliphatic rings. The van der Waals surface area contributed by atoms with Crippen molar-refractivity contribution in [1.29, 1.82) is 0 Å². The Morgan fingerprint density at radius 1 is 1.30 bits per heavy atom. The lowest BCUT2D eigenvalue weighted by Crippen LogP contribution is -2.31. The van der Waals surface area contributed by atoms with Crippen LogP contribution in [0.2, 0.25) is 10.0 Å². The Bertz CT molecular complexity index is 1080. The van der Waals surface area contributed by atoms with Crippen molar-refractivity contribution in [3.63, 3.8) is 0 Å². The molecule has 0 unspecified atom stereocenters. The highest BCUT2D eigenvalue weighted by Gasteiger charge is 2.34. The van der Waals surface area contributed by atoms with Crippen LogP contribution >= 0.6 is 23.2 Å². The molecule has 0 amide bonds. The molecule has 7 heteroatoms. The normalized spacial score (nSPS) is 15.3. The number of pyridine rings is 1. The van der Waals surface area contributed by atoms with Gasteiger partial charge in [0.2, 0.25) is 0 Å². The number of aryl methyl sites for hydroxylation is 1. The molecule has 1 atom stereocenters. The van der Waals surface area contributed by atoms with E-state index in [1.54, 1.807) is 32.4 Å². The van der Waals surface area contributed by atoms with Crippen molar-refractivity contribution in [3.8, 4) is 11.3 Å². The lowest BCUT2D eigenvalue weighted by molar-refractivity contribution is 0.145. The fourth-order valence-electron chi connectivity index (χ4n) is 3.53. The topological polar surface area (TPSA) is 57.0 Å². The number of halogens is 2. The number of methoxy groups -OCH3 is 1. The molecule has 0 spiro atoms. The van der Waals surface area contributed by atoms with Gasteiger partial charge in [-0.1, -0.05) is 23.2 Å². The number of ether oxygens (including phenoxy) is 1. The van der Waals surface area contributed by atoms with Crippen LogP contribution in [0.25, 0.3) is 22.3 Å². The second-order valence-corrected chi connectivity index (χ2v) is 7.73. The molecule has 0 bridgehead atoms. The molecule has 2 heterocycles. The zero-order valence-corrected chi connectivity index (χ0v) is 16.6. The first-order valence-electron chi connectivity index (χ1n) is 8.83. The molecule has 0 radical (unpaired) electrons. The van der Waals surface area contributed by atoms with Crippen LogP contribution in [-0.4, -0.2) is 28.3 Å². The largest absolute Gasteiger partial charge is 0.383 e. The van der Waals surface area contributed by atoms with E-state index in [0.717, 1.165) is 23.9 Å². The van der Waals surface area contributed by atoms with Crippen LogP contribution in [0, 0.1) is 12.8 Å². The molecule has 1 aliphatic carbocycles. The molecule has 5 nitrogen and oxygen atoms in total. The number of hydrogen-bond acceptors (Lipinski definition) is 4. The molecule has 0 aliphatic heterocycles. The Kier molecular flexibility index (Phi) is 4.93. The van der Waals surface area contributed by atoms with Crippen molar-refractivity contribution < 1.29 is 4.74 Å². The van der Waals surface area contributed by atoms with E-state index in [-0.39, 0.29) is 11.6 Å². The number of hydrogen-bond donors (Lipinski definition) is 0.